The first-order chi connectivity index (χ1) is 10.6. The second kappa shape index (κ2) is 7.78. The second-order valence-corrected chi connectivity index (χ2v) is 6.52. The molecular formula is C14H20ClN3O3S. The van der Waals surface area contributed by atoms with Gasteiger partial charge in [0.15, 0.2) is 15.2 Å². The van der Waals surface area contributed by atoms with Crippen molar-refractivity contribution in [2.75, 3.05) is 31.6 Å². The van der Waals surface area contributed by atoms with E-state index in [4.69, 9.17) is 11.6 Å². The fraction of sp³-hybridized carbons (Fsp3) is 0.643. The van der Waals surface area contributed by atoms with Gasteiger partial charge in [-0.3, -0.25) is 4.79 Å². The quantitative estimate of drug-likeness (QED) is 0.829. The molecule has 0 spiro atoms. The summed E-state index contributed by atoms with van der Waals surface area (Å²) in [5, 5.41) is 3.76. The van der Waals surface area contributed by atoms with E-state index in [0.29, 0.717) is 23.1 Å². The molecule has 1 N–H and O–H groups in total. The summed E-state index contributed by atoms with van der Waals surface area (Å²) in [6, 6.07) is 0. The SMILES string of the molecule is CCCNC(=O)C1CCCN(c2nc(Cl)c(C(=O)OC)s2)C1. The Bertz CT molecular complexity index is 549. The van der Waals surface area contributed by atoms with Crippen molar-refractivity contribution in [3.8, 4) is 0 Å². The highest BCUT2D eigenvalue weighted by Gasteiger charge is 2.28. The van der Waals surface area contributed by atoms with Crippen LogP contribution in [0, 0.1) is 5.92 Å². The minimum atomic E-state index is -0.483. The van der Waals surface area contributed by atoms with Crippen LogP contribution in [0.25, 0.3) is 0 Å². The number of halogens is 1. The molecule has 122 valence electrons. The van der Waals surface area contributed by atoms with Crippen molar-refractivity contribution in [1.29, 1.82) is 0 Å². The fourth-order valence-corrected chi connectivity index (χ4v) is 3.64. The summed E-state index contributed by atoms with van der Waals surface area (Å²) in [6.45, 7) is 4.13. The van der Waals surface area contributed by atoms with Crippen LogP contribution in [-0.2, 0) is 9.53 Å². The Kier molecular flexibility index (Phi) is 6.02. The summed E-state index contributed by atoms with van der Waals surface area (Å²) in [5.74, 6) is -0.449. The van der Waals surface area contributed by atoms with Crippen LogP contribution in [0.4, 0.5) is 5.13 Å². The molecule has 1 amide bonds. The number of ether oxygens (including phenoxy) is 1. The number of carbonyl (C=O) groups is 2. The van der Waals surface area contributed by atoms with Gasteiger partial charge in [0.05, 0.1) is 13.0 Å². The van der Waals surface area contributed by atoms with Crippen LogP contribution in [0.15, 0.2) is 0 Å². The molecule has 1 aromatic heterocycles. The summed E-state index contributed by atoms with van der Waals surface area (Å²) in [7, 11) is 1.31. The number of rotatable bonds is 5. The lowest BCUT2D eigenvalue weighted by molar-refractivity contribution is -0.125. The minimum absolute atomic E-state index is 0.0513. The number of hydrogen-bond donors (Lipinski definition) is 1. The number of hydrogen-bond acceptors (Lipinski definition) is 6. The topological polar surface area (TPSA) is 71.5 Å². The van der Waals surface area contributed by atoms with Gasteiger partial charge < -0.3 is 15.0 Å². The van der Waals surface area contributed by atoms with Gasteiger partial charge in [0.25, 0.3) is 0 Å². The lowest BCUT2D eigenvalue weighted by Gasteiger charge is -2.31. The number of carbonyl (C=O) groups excluding carboxylic acids is 2. The summed E-state index contributed by atoms with van der Waals surface area (Å²) in [5.41, 5.74) is 0. The van der Waals surface area contributed by atoms with Crippen LogP contribution < -0.4 is 10.2 Å². The Balaban J connectivity index is 2.06. The molecule has 1 aliphatic rings. The van der Waals surface area contributed by atoms with E-state index in [-0.39, 0.29) is 17.0 Å². The maximum Gasteiger partial charge on any atom is 0.351 e. The maximum atomic E-state index is 12.1. The average molecular weight is 346 g/mol. The first-order valence-electron chi connectivity index (χ1n) is 7.34. The van der Waals surface area contributed by atoms with Crippen molar-refractivity contribution in [2.24, 2.45) is 5.92 Å². The average Bonchev–Trinajstić information content (AvgIpc) is 2.94. The summed E-state index contributed by atoms with van der Waals surface area (Å²) in [4.78, 5) is 30.3. The zero-order valence-corrected chi connectivity index (χ0v) is 14.3. The number of nitrogens with zero attached hydrogens (tertiary/aromatic N) is 2. The van der Waals surface area contributed by atoms with E-state index in [1.807, 2.05) is 11.8 Å². The Morgan fingerprint density at radius 2 is 2.32 bits per heavy atom. The van der Waals surface area contributed by atoms with Crippen LogP contribution in [-0.4, -0.2) is 43.6 Å². The molecule has 1 aliphatic heterocycles. The van der Waals surface area contributed by atoms with Crippen LogP contribution in [0.5, 0.6) is 0 Å². The summed E-state index contributed by atoms with van der Waals surface area (Å²) < 4.78 is 4.69. The van der Waals surface area contributed by atoms with Gasteiger partial charge in [0, 0.05) is 19.6 Å². The molecule has 0 aromatic carbocycles. The first-order valence-corrected chi connectivity index (χ1v) is 8.53. The van der Waals surface area contributed by atoms with E-state index in [9.17, 15) is 9.59 Å². The highest BCUT2D eigenvalue weighted by atomic mass is 35.5. The molecule has 0 radical (unpaired) electrons. The van der Waals surface area contributed by atoms with Crippen LogP contribution in [0.1, 0.15) is 35.9 Å². The molecule has 0 saturated carbocycles. The molecule has 1 atom stereocenters. The third-order valence-corrected chi connectivity index (χ3v) is 5.04. The summed E-state index contributed by atoms with van der Waals surface area (Å²) in [6.07, 6.45) is 2.71. The molecule has 1 fully saturated rings. The van der Waals surface area contributed by atoms with Gasteiger partial charge in [-0.15, -0.1) is 0 Å². The molecule has 2 heterocycles. The highest BCUT2D eigenvalue weighted by Crippen LogP contribution is 2.32. The lowest BCUT2D eigenvalue weighted by Crippen LogP contribution is -2.43. The molecule has 2 rings (SSSR count). The normalized spacial score (nSPS) is 18.1. The van der Waals surface area contributed by atoms with Crippen molar-refractivity contribution in [3.05, 3.63) is 10.0 Å². The zero-order valence-electron chi connectivity index (χ0n) is 12.7. The Morgan fingerprint density at radius 3 is 3.00 bits per heavy atom. The van der Waals surface area contributed by atoms with Crippen LogP contribution in [0.2, 0.25) is 5.15 Å². The molecule has 0 aliphatic carbocycles. The Labute approximate surface area is 138 Å². The molecule has 6 nitrogen and oxygen atoms in total. The second-order valence-electron chi connectivity index (χ2n) is 5.18. The monoisotopic (exact) mass is 345 g/mol. The highest BCUT2D eigenvalue weighted by molar-refractivity contribution is 7.18. The number of piperidine rings is 1. The Morgan fingerprint density at radius 1 is 1.55 bits per heavy atom. The number of amides is 1. The van der Waals surface area contributed by atoms with E-state index < -0.39 is 5.97 Å². The number of anilines is 1. The lowest BCUT2D eigenvalue weighted by atomic mass is 9.97. The third kappa shape index (κ3) is 3.89. The number of esters is 1. The molecule has 1 unspecified atom stereocenters. The van der Waals surface area contributed by atoms with Crippen molar-refractivity contribution in [2.45, 2.75) is 26.2 Å². The van der Waals surface area contributed by atoms with Gasteiger partial charge in [-0.05, 0) is 19.3 Å². The van der Waals surface area contributed by atoms with Crippen molar-refractivity contribution in [3.63, 3.8) is 0 Å². The largest absolute Gasteiger partial charge is 0.465 e. The molecule has 22 heavy (non-hydrogen) atoms. The smallest absolute Gasteiger partial charge is 0.351 e. The van der Waals surface area contributed by atoms with Gasteiger partial charge >= 0.3 is 5.97 Å². The van der Waals surface area contributed by atoms with E-state index in [0.717, 1.165) is 25.8 Å². The Hall–Kier alpha value is -1.34. The molecule has 1 aromatic rings. The number of nitrogens with one attached hydrogen (secondary N) is 1. The van der Waals surface area contributed by atoms with Crippen molar-refractivity contribution in [1.82, 2.24) is 10.3 Å². The van der Waals surface area contributed by atoms with Gasteiger partial charge in [0.1, 0.15) is 0 Å². The van der Waals surface area contributed by atoms with Gasteiger partial charge in [-0.2, -0.15) is 0 Å². The predicted molar refractivity (Wildman–Crippen MR) is 86.7 cm³/mol. The summed E-state index contributed by atoms with van der Waals surface area (Å²) >= 11 is 7.20. The third-order valence-electron chi connectivity index (χ3n) is 3.56. The minimum Gasteiger partial charge on any atom is -0.465 e. The van der Waals surface area contributed by atoms with Crippen molar-refractivity contribution < 1.29 is 14.3 Å². The number of aromatic nitrogens is 1. The predicted octanol–water partition coefficient (Wildman–Crippen LogP) is 2.33. The zero-order chi connectivity index (χ0) is 16.1. The van der Waals surface area contributed by atoms with Crippen LogP contribution >= 0.6 is 22.9 Å². The standard InChI is InChI=1S/C14H20ClN3O3S/c1-3-6-16-12(19)9-5-4-7-18(8-9)14-17-11(15)10(22-14)13(20)21-2/h9H,3-8H2,1-2H3,(H,16,19). The first kappa shape index (κ1) is 17.0. The maximum absolute atomic E-state index is 12.1. The van der Waals surface area contributed by atoms with Crippen molar-refractivity contribution >= 4 is 39.9 Å². The molecule has 0 bridgehead atoms. The van der Waals surface area contributed by atoms with Crippen LogP contribution in [0.3, 0.4) is 0 Å². The van der Waals surface area contributed by atoms with E-state index in [2.05, 4.69) is 15.0 Å². The van der Waals surface area contributed by atoms with Gasteiger partial charge in [0.2, 0.25) is 5.91 Å². The van der Waals surface area contributed by atoms with Gasteiger partial charge in [-0.25, -0.2) is 9.78 Å². The van der Waals surface area contributed by atoms with Gasteiger partial charge in [-0.1, -0.05) is 29.9 Å². The molecular weight excluding hydrogens is 326 g/mol. The van der Waals surface area contributed by atoms with E-state index in [1.165, 1.54) is 18.4 Å². The number of thiazole rings is 1. The molecule has 1 saturated heterocycles. The van der Waals surface area contributed by atoms with E-state index >= 15 is 0 Å². The molecule has 8 heteroatoms. The number of methoxy groups -OCH3 is 1. The fourth-order valence-electron chi connectivity index (χ4n) is 2.40. The van der Waals surface area contributed by atoms with E-state index in [1.54, 1.807) is 0 Å².